The highest BCUT2D eigenvalue weighted by Gasteiger charge is 2.26. The van der Waals surface area contributed by atoms with Crippen molar-refractivity contribution in [2.75, 3.05) is 6.54 Å². The summed E-state index contributed by atoms with van der Waals surface area (Å²) in [7, 11) is 0. The molecule has 0 radical (unpaired) electrons. The van der Waals surface area contributed by atoms with Gasteiger partial charge in [0.15, 0.2) is 12.0 Å². The lowest BCUT2D eigenvalue weighted by Gasteiger charge is -2.13. The number of carbonyl (C=O) groups is 1. The first-order valence-electron chi connectivity index (χ1n) is 3.42. The van der Waals surface area contributed by atoms with E-state index >= 15 is 0 Å². The van der Waals surface area contributed by atoms with E-state index in [1.165, 1.54) is 0 Å². The van der Waals surface area contributed by atoms with Crippen LogP contribution in [0, 0.1) is 11.5 Å². The number of hydrogen-bond donors (Lipinski definition) is 0. The van der Waals surface area contributed by atoms with Gasteiger partial charge in [-0.25, -0.2) is 0 Å². The van der Waals surface area contributed by atoms with Gasteiger partial charge < -0.3 is 4.90 Å². The Morgan fingerprint density at radius 2 is 2.50 bits per heavy atom. The Morgan fingerprint density at radius 1 is 1.80 bits per heavy atom. The SMILES string of the molecule is CC(=O)C1CCCN1C#N. The molecule has 0 aromatic carbocycles. The van der Waals surface area contributed by atoms with E-state index in [-0.39, 0.29) is 11.8 Å². The summed E-state index contributed by atoms with van der Waals surface area (Å²) < 4.78 is 0. The molecule has 1 atom stereocenters. The van der Waals surface area contributed by atoms with E-state index in [1.807, 2.05) is 6.19 Å². The summed E-state index contributed by atoms with van der Waals surface area (Å²) >= 11 is 0. The van der Waals surface area contributed by atoms with Crippen molar-refractivity contribution >= 4 is 5.78 Å². The Labute approximate surface area is 60.2 Å². The standard InChI is InChI=1S/C7H10N2O/c1-6(10)7-3-2-4-9(7)5-8/h7H,2-4H2,1H3. The molecule has 54 valence electrons. The van der Waals surface area contributed by atoms with Crippen molar-refractivity contribution in [1.29, 1.82) is 5.26 Å². The monoisotopic (exact) mass is 138 g/mol. The van der Waals surface area contributed by atoms with E-state index in [0.29, 0.717) is 0 Å². The van der Waals surface area contributed by atoms with Gasteiger partial charge in [0.05, 0.1) is 6.04 Å². The lowest BCUT2D eigenvalue weighted by Crippen LogP contribution is -2.30. The summed E-state index contributed by atoms with van der Waals surface area (Å²) in [5.41, 5.74) is 0. The van der Waals surface area contributed by atoms with Crippen molar-refractivity contribution in [2.24, 2.45) is 0 Å². The van der Waals surface area contributed by atoms with Crippen LogP contribution in [0.25, 0.3) is 0 Å². The summed E-state index contributed by atoms with van der Waals surface area (Å²) in [6.07, 6.45) is 3.83. The third-order valence-corrected chi connectivity index (χ3v) is 1.85. The van der Waals surface area contributed by atoms with Crippen LogP contribution in [0.4, 0.5) is 0 Å². The normalized spacial score (nSPS) is 24.4. The average Bonchev–Trinajstić information content (AvgIpc) is 2.33. The molecule has 0 aromatic heterocycles. The summed E-state index contributed by atoms with van der Waals surface area (Å²) in [6, 6.07) is -0.120. The molecule has 0 aliphatic carbocycles. The summed E-state index contributed by atoms with van der Waals surface area (Å²) in [5.74, 6) is 0.110. The minimum atomic E-state index is -0.120. The van der Waals surface area contributed by atoms with Crippen LogP contribution in [0.3, 0.4) is 0 Å². The predicted octanol–water partition coefficient (Wildman–Crippen LogP) is 0.521. The largest absolute Gasteiger partial charge is 0.300 e. The van der Waals surface area contributed by atoms with Crippen LogP contribution in [0.15, 0.2) is 0 Å². The number of ketones is 1. The van der Waals surface area contributed by atoms with Crippen LogP contribution in [0.5, 0.6) is 0 Å². The molecule has 1 heterocycles. The predicted molar refractivity (Wildman–Crippen MR) is 36.0 cm³/mol. The molecule has 1 saturated heterocycles. The molecule has 3 heteroatoms. The molecule has 0 saturated carbocycles. The van der Waals surface area contributed by atoms with Crippen molar-refractivity contribution in [2.45, 2.75) is 25.8 Å². The zero-order valence-corrected chi connectivity index (χ0v) is 6.00. The second-order valence-corrected chi connectivity index (χ2v) is 2.56. The molecule has 1 unspecified atom stereocenters. The number of likely N-dealkylation sites (tertiary alicyclic amines) is 1. The van der Waals surface area contributed by atoms with Crippen LogP contribution in [0.1, 0.15) is 19.8 Å². The smallest absolute Gasteiger partial charge is 0.179 e. The Morgan fingerprint density at radius 3 is 2.90 bits per heavy atom. The second-order valence-electron chi connectivity index (χ2n) is 2.56. The Hall–Kier alpha value is -1.04. The van der Waals surface area contributed by atoms with E-state index in [4.69, 9.17) is 5.26 Å². The first-order valence-corrected chi connectivity index (χ1v) is 3.42. The van der Waals surface area contributed by atoms with E-state index < -0.39 is 0 Å². The number of carbonyl (C=O) groups excluding carboxylic acids is 1. The Kier molecular flexibility index (Phi) is 1.91. The minimum Gasteiger partial charge on any atom is -0.300 e. The van der Waals surface area contributed by atoms with Gasteiger partial charge in [0.1, 0.15) is 0 Å². The molecule has 1 aliphatic rings. The lowest BCUT2D eigenvalue weighted by atomic mass is 10.1. The first kappa shape index (κ1) is 7.07. The second kappa shape index (κ2) is 2.70. The van der Waals surface area contributed by atoms with Crippen LogP contribution >= 0.6 is 0 Å². The number of rotatable bonds is 1. The fraction of sp³-hybridized carbons (Fsp3) is 0.714. The highest BCUT2D eigenvalue weighted by molar-refractivity contribution is 5.81. The number of nitriles is 1. The average molecular weight is 138 g/mol. The maximum atomic E-state index is 10.8. The molecule has 10 heavy (non-hydrogen) atoms. The first-order chi connectivity index (χ1) is 4.75. The van der Waals surface area contributed by atoms with Crippen LogP contribution < -0.4 is 0 Å². The molecule has 0 spiro atoms. The molecular formula is C7H10N2O. The van der Waals surface area contributed by atoms with Gasteiger partial charge in [-0.2, -0.15) is 5.26 Å². The molecule has 0 bridgehead atoms. The zero-order valence-electron chi connectivity index (χ0n) is 6.00. The molecule has 0 N–H and O–H groups in total. The van der Waals surface area contributed by atoms with E-state index in [0.717, 1.165) is 19.4 Å². The van der Waals surface area contributed by atoms with Crippen molar-refractivity contribution in [3.63, 3.8) is 0 Å². The summed E-state index contributed by atoms with van der Waals surface area (Å²) in [6.45, 7) is 2.29. The fourth-order valence-electron chi connectivity index (χ4n) is 1.31. The van der Waals surface area contributed by atoms with Crippen molar-refractivity contribution in [3.8, 4) is 6.19 Å². The number of Topliss-reactive ketones (excluding diaryl/α,β-unsaturated/α-hetero) is 1. The molecule has 0 aromatic rings. The van der Waals surface area contributed by atoms with E-state index in [1.54, 1.807) is 11.8 Å². The van der Waals surface area contributed by atoms with Gasteiger partial charge in [0.25, 0.3) is 0 Å². The number of nitrogens with zero attached hydrogens (tertiary/aromatic N) is 2. The van der Waals surface area contributed by atoms with Gasteiger partial charge in [-0.15, -0.1) is 0 Å². The Bertz CT molecular complexity index is 183. The summed E-state index contributed by atoms with van der Waals surface area (Å²) in [5, 5.41) is 8.51. The zero-order chi connectivity index (χ0) is 7.56. The third kappa shape index (κ3) is 1.10. The van der Waals surface area contributed by atoms with Gasteiger partial charge in [-0.05, 0) is 19.8 Å². The van der Waals surface area contributed by atoms with E-state index in [2.05, 4.69) is 0 Å². The topological polar surface area (TPSA) is 44.1 Å². The lowest BCUT2D eigenvalue weighted by molar-refractivity contribution is -0.120. The van der Waals surface area contributed by atoms with Gasteiger partial charge >= 0.3 is 0 Å². The molecular weight excluding hydrogens is 128 g/mol. The van der Waals surface area contributed by atoms with Gasteiger partial charge in [-0.3, -0.25) is 4.79 Å². The highest BCUT2D eigenvalue weighted by Crippen LogP contribution is 2.15. The third-order valence-electron chi connectivity index (χ3n) is 1.85. The van der Waals surface area contributed by atoms with Crippen LogP contribution in [0.2, 0.25) is 0 Å². The van der Waals surface area contributed by atoms with Crippen molar-refractivity contribution in [1.82, 2.24) is 4.90 Å². The molecule has 0 amide bonds. The minimum absolute atomic E-state index is 0.110. The van der Waals surface area contributed by atoms with Crippen molar-refractivity contribution in [3.05, 3.63) is 0 Å². The van der Waals surface area contributed by atoms with E-state index in [9.17, 15) is 4.79 Å². The molecule has 1 fully saturated rings. The van der Waals surface area contributed by atoms with Gasteiger partial charge in [0.2, 0.25) is 0 Å². The maximum Gasteiger partial charge on any atom is 0.179 e. The van der Waals surface area contributed by atoms with Crippen LogP contribution in [-0.2, 0) is 4.79 Å². The summed E-state index contributed by atoms with van der Waals surface area (Å²) in [4.78, 5) is 12.4. The Balaban J connectivity index is 2.61. The maximum absolute atomic E-state index is 10.8. The van der Waals surface area contributed by atoms with Gasteiger partial charge in [0, 0.05) is 6.54 Å². The molecule has 1 aliphatic heterocycles. The fourth-order valence-corrected chi connectivity index (χ4v) is 1.31. The molecule has 3 nitrogen and oxygen atoms in total. The number of hydrogen-bond acceptors (Lipinski definition) is 3. The molecule has 1 rings (SSSR count). The van der Waals surface area contributed by atoms with Gasteiger partial charge in [-0.1, -0.05) is 0 Å². The van der Waals surface area contributed by atoms with Crippen molar-refractivity contribution < 1.29 is 4.79 Å². The quantitative estimate of drug-likeness (QED) is 0.496. The highest BCUT2D eigenvalue weighted by atomic mass is 16.1. The van der Waals surface area contributed by atoms with Crippen LogP contribution in [-0.4, -0.2) is 23.3 Å².